The molecule has 1 aliphatic heterocycles. The van der Waals surface area contributed by atoms with Gasteiger partial charge < -0.3 is 5.11 Å². The predicted molar refractivity (Wildman–Crippen MR) is 101 cm³/mol. The molecule has 1 aliphatic rings. The van der Waals surface area contributed by atoms with Gasteiger partial charge in [0.1, 0.15) is 11.9 Å². The first-order chi connectivity index (χ1) is 13.8. The van der Waals surface area contributed by atoms with E-state index in [1.807, 2.05) is 0 Å². The van der Waals surface area contributed by atoms with Crippen LogP contribution in [0.4, 0.5) is 4.79 Å². The zero-order valence-corrected chi connectivity index (χ0v) is 16.2. The van der Waals surface area contributed by atoms with Crippen LogP contribution in [0.25, 0.3) is 22.3 Å². The molecule has 150 valence electrons. The SMILES string of the molecule is CCS(=O)(=O)N1CC(CC#N)(n2cc(-c3ncnc4c3ccn4C(=O)O)cn2)C1. The summed E-state index contributed by atoms with van der Waals surface area (Å²) in [6.07, 6.45) is 4.89. The molecule has 3 aromatic heterocycles. The lowest BCUT2D eigenvalue weighted by Gasteiger charge is -2.47. The monoisotopic (exact) mass is 415 g/mol. The Morgan fingerprint density at radius 1 is 1.38 bits per heavy atom. The molecule has 0 amide bonds. The topological polar surface area (TPSA) is 147 Å². The Labute approximate surface area is 165 Å². The Morgan fingerprint density at radius 2 is 2.14 bits per heavy atom. The molecular formula is C17H17N7O4S. The molecule has 3 aromatic rings. The molecule has 1 fully saturated rings. The number of fused-ring (bicyclic) bond motifs is 1. The molecule has 0 atom stereocenters. The van der Waals surface area contributed by atoms with E-state index >= 15 is 0 Å². The van der Waals surface area contributed by atoms with Crippen LogP contribution in [0.3, 0.4) is 0 Å². The zero-order chi connectivity index (χ0) is 20.8. The Bertz CT molecular complexity index is 1250. The molecule has 1 saturated heterocycles. The van der Waals surface area contributed by atoms with Crippen molar-refractivity contribution in [2.45, 2.75) is 18.9 Å². The van der Waals surface area contributed by atoms with E-state index in [1.54, 1.807) is 30.1 Å². The van der Waals surface area contributed by atoms with Crippen LogP contribution in [0.1, 0.15) is 13.3 Å². The molecule has 0 bridgehead atoms. The number of nitrogens with zero attached hydrogens (tertiary/aromatic N) is 7. The van der Waals surface area contributed by atoms with E-state index < -0.39 is 21.7 Å². The summed E-state index contributed by atoms with van der Waals surface area (Å²) in [5, 5.41) is 23.4. The molecule has 0 radical (unpaired) electrons. The summed E-state index contributed by atoms with van der Waals surface area (Å²) in [7, 11) is -3.33. The first kappa shape index (κ1) is 19.0. The van der Waals surface area contributed by atoms with Gasteiger partial charge in [-0.2, -0.15) is 14.7 Å². The van der Waals surface area contributed by atoms with Crippen LogP contribution in [-0.4, -0.2) is 67.1 Å². The maximum absolute atomic E-state index is 12.1. The molecule has 0 aromatic carbocycles. The van der Waals surface area contributed by atoms with Gasteiger partial charge in [0.25, 0.3) is 0 Å². The van der Waals surface area contributed by atoms with Crippen molar-refractivity contribution in [3.8, 4) is 17.3 Å². The summed E-state index contributed by atoms with van der Waals surface area (Å²) in [6, 6.07) is 3.73. The third kappa shape index (κ3) is 2.95. The van der Waals surface area contributed by atoms with Gasteiger partial charge in [0.15, 0.2) is 5.65 Å². The Kier molecular flexibility index (Phi) is 4.36. The number of aromatic nitrogens is 5. The lowest BCUT2D eigenvalue weighted by molar-refractivity contribution is 0.0719. The van der Waals surface area contributed by atoms with Crippen molar-refractivity contribution in [3.63, 3.8) is 0 Å². The van der Waals surface area contributed by atoms with Crippen molar-refractivity contribution in [1.82, 2.24) is 28.6 Å². The molecule has 1 N–H and O–H groups in total. The van der Waals surface area contributed by atoms with Gasteiger partial charge in [-0.3, -0.25) is 4.68 Å². The lowest BCUT2D eigenvalue weighted by atomic mass is 9.89. The third-order valence-corrected chi connectivity index (χ3v) is 6.91. The fourth-order valence-electron chi connectivity index (χ4n) is 3.51. The molecule has 4 heterocycles. The van der Waals surface area contributed by atoms with Crippen LogP contribution < -0.4 is 0 Å². The second-order valence-electron chi connectivity index (χ2n) is 6.83. The molecule has 0 unspecified atom stereocenters. The van der Waals surface area contributed by atoms with Gasteiger partial charge in [0.2, 0.25) is 10.0 Å². The minimum atomic E-state index is -3.33. The minimum Gasteiger partial charge on any atom is -0.464 e. The van der Waals surface area contributed by atoms with E-state index in [2.05, 4.69) is 21.1 Å². The first-order valence-corrected chi connectivity index (χ1v) is 10.4. The Morgan fingerprint density at radius 3 is 2.79 bits per heavy atom. The Balaban J connectivity index is 1.71. The number of hydrogen-bond donors (Lipinski definition) is 1. The highest BCUT2D eigenvalue weighted by atomic mass is 32.2. The predicted octanol–water partition coefficient (Wildman–Crippen LogP) is 1.10. The van der Waals surface area contributed by atoms with Gasteiger partial charge in [-0.15, -0.1) is 0 Å². The van der Waals surface area contributed by atoms with Crippen molar-refractivity contribution in [3.05, 3.63) is 31.0 Å². The van der Waals surface area contributed by atoms with Crippen molar-refractivity contribution in [2.24, 2.45) is 0 Å². The summed E-state index contributed by atoms with van der Waals surface area (Å²) in [6.45, 7) is 1.92. The molecule has 0 aliphatic carbocycles. The van der Waals surface area contributed by atoms with Crippen molar-refractivity contribution >= 4 is 27.1 Å². The van der Waals surface area contributed by atoms with E-state index in [9.17, 15) is 23.6 Å². The summed E-state index contributed by atoms with van der Waals surface area (Å²) >= 11 is 0. The number of carbonyl (C=O) groups is 1. The zero-order valence-electron chi connectivity index (χ0n) is 15.4. The third-order valence-electron chi connectivity index (χ3n) is 5.14. The van der Waals surface area contributed by atoms with Crippen LogP contribution in [0.15, 0.2) is 31.0 Å². The normalized spacial score (nSPS) is 16.4. The molecule has 4 rings (SSSR count). The average Bonchev–Trinajstić information content (AvgIpc) is 3.31. The van der Waals surface area contributed by atoms with Gasteiger partial charge in [0.05, 0.1) is 30.1 Å². The van der Waals surface area contributed by atoms with Crippen LogP contribution in [0, 0.1) is 11.3 Å². The van der Waals surface area contributed by atoms with Crippen molar-refractivity contribution in [1.29, 1.82) is 5.26 Å². The summed E-state index contributed by atoms with van der Waals surface area (Å²) in [5.74, 6) is -0.000521. The fraction of sp³-hybridized carbons (Fsp3) is 0.353. The number of carboxylic acid groups (broad SMARTS) is 1. The highest BCUT2D eigenvalue weighted by Crippen LogP contribution is 2.35. The van der Waals surface area contributed by atoms with E-state index in [1.165, 1.54) is 16.8 Å². The summed E-state index contributed by atoms with van der Waals surface area (Å²) < 4.78 is 28.1. The minimum absolute atomic E-state index is 0.000521. The number of hydrogen-bond acceptors (Lipinski definition) is 7. The van der Waals surface area contributed by atoms with E-state index in [0.29, 0.717) is 16.6 Å². The fourth-order valence-corrected chi connectivity index (χ4v) is 4.75. The van der Waals surface area contributed by atoms with Gasteiger partial charge in [-0.25, -0.2) is 27.7 Å². The van der Waals surface area contributed by atoms with Crippen LogP contribution in [0.5, 0.6) is 0 Å². The molecular weight excluding hydrogens is 398 g/mol. The average molecular weight is 415 g/mol. The summed E-state index contributed by atoms with van der Waals surface area (Å²) in [5.41, 5.74) is 0.639. The van der Waals surface area contributed by atoms with Crippen LogP contribution in [-0.2, 0) is 15.6 Å². The molecule has 29 heavy (non-hydrogen) atoms. The first-order valence-electron chi connectivity index (χ1n) is 8.77. The van der Waals surface area contributed by atoms with Gasteiger partial charge in [-0.05, 0) is 13.0 Å². The number of sulfonamides is 1. The van der Waals surface area contributed by atoms with E-state index in [4.69, 9.17) is 0 Å². The number of nitriles is 1. The second kappa shape index (κ2) is 6.64. The molecule has 0 saturated carbocycles. The van der Waals surface area contributed by atoms with Crippen molar-refractivity contribution < 1.29 is 18.3 Å². The maximum atomic E-state index is 12.1. The smallest absolute Gasteiger partial charge is 0.417 e. The number of rotatable bonds is 5. The van der Waals surface area contributed by atoms with Crippen LogP contribution in [0.2, 0.25) is 0 Å². The lowest BCUT2D eigenvalue weighted by Crippen LogP contribution is -2.64. The van der Waals surface area contributed by atoms with Crippen LogP contribution >= 0.6 is 0 Å². The van der Waals surface area contributed by atoms with Gasteiger partial charge in [-0.1, -0.05) is 0 Å². The second-order valence-corrected chi connectivity index (χ2v) is 9.09. The van der Waals surface area contributed by atoms with E-state index in [0.717, 1.165) is 4.57 Å². The standard InChI is InChI=1S/C17H17N7O4S/c1-2-29(27,28)22-9-17(10-22,4-5-18)24-8-12(7-21-24)14-13-3-6-23(16(25)26)15(13)20-11-19-14/h3,6-8,11H,2,4,9-10H2,1H3,(H,25,26). The summed E-state index contributed by atoms with van der Waals surface area (Å²) in [4.78, 5) is 19.6. The van der Waals surface area contributed by atoms with Crippen molar-refractivity contribution in [2.75, 3.05) is 18.8 Å². The highest BCUT2D eigenvalue weighted by Gasteiger charge is 2.49. The molecule has 12 heteroatoms. The largest absolute Gasteiger partial charge is 0.464 e. The molecule has 0 spiro atoms. The molecule has 11 nitrogen and oxygen atoms in total. The van der Waals surface area contributed by atoms with Gasteiger partial charge >= 0.3 is 6.09 Å². The maximum Gasteiger partial charge on any atom is 0.417 e. The highest BCUT2D eigenvalue weighted by molar-refractivity contribution is 7.89. The van der Waals surface area contributed by atoms with E-state index in [-0.39, 0.29) is 30.9 Å². The van der Waals surface area contributed by atoms with Gasteiger partial charge in [0, 0.05) is 36.4 Å². The Hall–Kier alpha value is -3.30. The quantitative estimate of drug-likeness (QED) is 0.651.